The summed E-state index contributed by atoms with van der Waals surface area (Å²) in [5, 5.41) is 14.0. The van der Waals surface area contributed by atoms with E-state index in [2.05, 4.69) is 47.5 Å². The minimum absolute atomic E-state index is 0.0611. The van der Waals surface area contributed by atoms with E-state index in [9.17, 15) is 4.79 Å². The molecular weight excluding hydrogens is 334 g/mol. The molecule has 0 aliphatic carbocycles. The standard InChI is InChI=1S/C18H21N5OS/c1-10(2)9-12-14-15(20-19-12)18(24)23(13-5-7-22(4)21-13)16(14)17-11(3)6-8-25-17/h5-8,10,16H,9H2,1-4H3,(H,19,20). The number of nitrogens with zero attached hydrogens (tertiary/aromatic N) is 4. The zero-order chi connectivity index (χ0) is 17.7. The first-order valence-electron chi connectivity index (χ1n) is 8.41. The maximum atomic E-state index is 13.1. The Kier molecular flexibility index (Phi) is 3.76. The number of anilines is 1. The van der Waals surface area contributed by atoms with Gasteiger partial charge in [-0.05, 0) is 36.3 Å². The van der Waals surface area contributed by atoms with Gasteiger partial charge in [0.15, 0.2) is 5.82 Å². The first-order valence-corrected chi connectivity index (χ1v) is 9.29. The van der Waals surface area contributed by atoms with Gasteiger partial charge in [-0.15, -0.1) is 11.3 Å². The number of hydrogen-bond donors (Lipinski definition) is 1. The Morgan fingerprint density at radius 3 is 2.76 bits per heavy atom. The third-order valence-corrected chi connectivity index (χ3v) is 5.62. The summed E-state index contributed by atoms with van der Waals surface area (Å²) in [5.41, 5.74) is 3.77. The molecule has 4 rings (SSSR count). The molecule has 0 spiro atoms. The topological polar surface area (TPSA) is 66.8 Å². The quantitative estimate of drug-likeness (QED) is 0.779. The molecule has 0 bridgehead atoms. The predicted octanol–water partition coefficient (Wildman–Crippen LogP) is 3.46. The minimum atomic E-state index is -0.162. The second kappa shape index (κ2) is 5.84. The van der Waals surface area contributed by atoms with Crippen molar-refractivity contribution < 1.29 is 4.79 Å². The normalized spacial score (nSPS) is 16.9. The Labute approximate surface area is 150 Å². The fourth-order valence-electron chi connectivity index (χ4n) is 3.44. The summed E-state index contributed by atoms with van der Waals surface area (Å²) in [7, 11) is 1.86. The summed E-state index contributed by atoms with van der Waals surface area (Å²) in [4.78, 5) is 16.1. The molecule has 1 atom stereocenters. The fourth-order valence-corrected chi connectivity index (χ4v) is 4.46. The van der Waals surface area contributed by atoms with Crippen molar-refractivity contribution in [2.75, 3.05) is 4.90 Å². The predicted molar refractivity (Wildman–Crippen MR) is 98.0 cm³/mol. The second-order valence-corrected chi connectivity index (χ2v) is 7.90. The van der Waals surface area contributed by atoms with Crippen LogP contribution in [0.4, 0.5) is 5.82 Å². The van der Waals surface area contributed by atoms with E-state index in [1.165, 1.54) is 10.4 Å². The Bertz CT molecular complexity index is 935. The van der Waals surface area contributed by atoms with E-state index in [4.69, 9.17) is 0 Å². The van der Waals surface area contributed by atoms with Crippen LogP contribution in [-0.2, 0) is 13.5 Å². The Morgan fingerprint density at radius 2 is 2.16 bits per heavy atom. The smallest absolute Gasteiger partial charge is 0.277 e. The van der Waals surface area contributed by atoms with Crippen LogP contribution < -0.4 is 4.90 Å². The zero-order valence-electron chi connectivity index (χ0n) is 14.8. The van der Waals surface area contributed by atoms with Crippen LogP contribution in [0.2, 0.25) is 0 Å². The number of carbonyl (C=O) groups excluding carboxylic acids is 1. The van der Waals surface area contributed by atoms with Gasteiger partial charge in [0.25, 0.3) is 5.91 Å². The third kappa shape index (κ3) is 2.50. The summed E-state index contributed by atoms with van der Waals surface area (Å²) < 4.78 is 1.72. The van der Waals surface area contributed by atoms with E-state index < -0.39 is 0 Å². The highest BCUT2D eigenvalue weighted by molar-refractivity contribution is 7.10. The van der Waals surface area contributed by atoms with E-state index in [0.717, 1.165) is 17.7 Å². The molecule has 3 aromatic rings. The van der Waals surface area contributed by atoms with Crippen molar-refractivity contribution in [3.63, 3.8) is 0 Å². The number of fused-ring (bicyclic) bond motifs is 1. The Morgan fingerprint density at radius 1 is 1.36 bits per heavy atom. The van der Waals surface area contributed by atoms with Gasteiger partial charge in [-0.3, -0.25) is 19.5 Å². The van der Waals surface area contributed by atoms with Crippen molar-refractivity contribution in [3.8, 4) is 0 Å². The van der Waals surface area contributed by atoms with Crippen LogP contribution in [0, 0.1) is 12.8 Å². The van der Waals surface area contributed by atoms with Gasteiger partial charge in [0, 0.05) is 29.8 Å². The largest absolute Gasteiger partial charge is 0.278 e. The number of aryl methyl sites for hydroxylation is 2. The van der Waals surface area contributed by atoms with E-state index in [-0.39, 0.29) is 11.9 Å². The lowest BCUT2D eigenvalue weighted by Crippen LogP contribution is -2.30. The van der Waals surface area contributed by atoms with Crippen molar-refractivity contribution in [3.05, 3.63) is 51.1 Å². The molecule has 4 heterocycles. The van der Waals surface area contributed by atoms with Crippen molar-refractivity contribution in [2.45, 2.75) is 33.2 Å². The average Bonchev–Trinajstić information content (AvgIpc) is 3.28. The molecule has 6 nitrogen and oxygen atoms in total. The van der Waals surface area contributed by atoms with Gasteiger partial charge in [0.1, 0.15) is 11.7 Å². The van der Waals surface area contributed by atoms with Gasteiger partial charge in [-0.25, -0.2) is 0 Å². The molecule has 0 saturated heterocycles. The van der Waals surface area contributed by atoms with Crippen molar-refractivity contribution in [1.29, 1.82) is 0 Å². The summed E-state index contributed by atoms with van der Waals surface area (Å²) in [6.07, 6.45) is 2.71. The zero-order valence-corrected chi connectivity index (χ0v) is 15.6. The molecule has 1 unspecified atom stereocenters. The molecule has 1 aliphatic heterocycles. The molecule has 130 valence electrons. The molecule has 0 saturated carbocycles. The molecule has 3 aromatic heterocycles. The van der Waals surface area contributed by atoms with E-state index >= 15 is 0 Å². The van der Waals surface area contributed by atoms with Crippen molar-refractivity contribution in [2.24, 2.45) is 13.0 Å². The first kappa shape index (κ1) is 16.1. The molecule has 7 heteroatoms. The number of aromatic amines is 1. The second-order valence-electron chi connectivity index (χ2n) is 6.95. The van der Waals surface area contributed by atoms with Crippen molar-refractivity contribution >= 4 is 23.1 Å². The molecule has 0 radical (unpaired) electrons. The third-order valence-electron chi connectivity index (χ3n) is 4.55. The molecular formula is C18H21N5OS. The lowest BCUT2D eigenvalue weighted by atomic mass is 9.98. The summed E-state index contributed by atoms with van der Waals surface area (Å²) in [6.45, 7) is 6.42. The highest BCUT2D eigenvalue weighted by Gasteiger charge is 2.44. The lowest BCUT2D eigenvalue weighted by molar-refractivity contribution is 0.0988. The SMILES string of the molecule is Cc1ccsc1C1c2c(CC(C)C)n[nH]c2C(=O)N1c1ccn(C)n1. The van der Waals surface area contributed by atoms with Crippen LogP contribution in [0.5, 0.6) is 0 Å². The highest BCUT2D eigenvalue weighted by Crippen LogP contribution is 2.44. The number of amides is 1. The Hall–Kier alpha value is -2.41. The maximum Gasteiger partial charge on any atom is 0.278 e. The molecule has 1 amide bonds. The number of thiophene rings is 1. The first-order chi connectivity index (χ1) is 12.0. The van der Waals surface area contributed by atoms with Gasteiger partial charge < -0.3 is 0 Å². The summed E-state index contributed by atoms with van der Waals surface area (Å²) in [5.74, 6) is 1.08. The van der Waals surface area contributed by atoms with Gasteiger partial charge in [-0.1, -0.05) is 13.8 Å². The minimum Gasteiger partial charge on any atom is -0.277 e. The van der Waals surface area contributed by atoms with Crippen LogP contribution in [0.1, 0.15) is 52.1 Å². The monoisotopic (exact) mass is 355 g/mol. The molecule has 1 aliphatic rings. The van der Waals surface area contributed by atoms with Crippen LogP contribution >= 0.6 is 11.3 Å². The van der Waals surface area contributed by atoms with Gasteiger partial charge in [0.05, 0.1) is 5.69 Å². The van der Waals surface area contributed by atoms with E-state index in [1.807, 2.05) is 19.3 Å². The van der Waals surface area contributed by atoms with Gasteiger partial charge in [-0.2, -0.15) is 10.2 Å². The number of carbonyl (C=O) groups is 1. The molecule has 1 N–H and O–H groups in total. The number of hydrogen-bond acceptors (Lipinski definition) is 4. The summed E-state index contributed by atoms with van der Waals surface area (Å²) in [6, 6.07) is 3.82. The molecule has 25 heavy (non-hydrogen) atoms. The number of nitrogens with one attached hydrogen (secondary N) is 1. The number of H-pyrrole nitrogens is 1. The van der Waals surface area contributed by atoms with Crippen LogP contribution in [-0.4, -0.2) is 25.9 Å². The van der Waals surface area contributed by atoms with Crippen LogP contribution in [0.15, 0.2) is 23.7 Å². The molecule has 0 aromatic carbocycles. The van der Waals surface area contributed by atoms with Crippen molar-refractivity contribution in [1.82, 2.24) is 20.0 Å². The molecule has 0 fully saturated rings. The fraction of sp³-hybridized carbons (Fsp3) is 0.389. The van der Waals surface area contributed by atoms with E-state index in [1.54, 1.807) is 20.9 Å². The number of rotatable bonds is 4. The summed E-state index contributed by atoms with van der Waals surface area (Å²) >= 11 is 1.68. The lowest BCUT2D eigenvalue weighted by Gasteiger charge is -2.24. The average molecular weight is 355 g/mol. The van der Waals surface area contributed by atoms with Gasteiger partial charge in [0.2, 0.25) is 0 Å². The maximum absolute atomic E-state index is 13.1. The van der Waals surface area contributed by atoms with Crippen LogP contribution in [0.3, 0.4) is 0 Å². The van der Waals surface area contributed by atoms with E-state index in [0.29, 0.717) is 17.4 Å². The van der Waals surface area contributed by atoms with Gasteiger partial charge >= 0.3 is 0 Å². The van der Waals surface area contributed by atoms with Crippen LogP contribution in [0.25, 0.3) is 0 Å². The number of aromatic nitrogens is 4. The highest BCUT2D eigenvalue weighted by atomic mass is 32.1. The Balaban J connectivity index is 1.90.